The van der Waals surface area contributed by atoms with Crippen molar-refractivity contribution < 1.29 is 9.53 Å². The molecular weight excluding hydrogens is 212 g/mol. The fraction of sp³-hybridized carbons (Fsp3) is 0.400. The highest BCUT2D eigenvalue weighted by Crippen LogP contribution is 2.14. The summed E-state index contributed by atoms with van der Waals surface area (Å²) in [5, 5.41) is 0. The first-order valence-corrected chi connectivity index (χ1v) is 5.74. The number of hydrogen-bond donors (Lipinski definition) is 0. The SMILES string of the molecule is C=C(Cc1ccc(C)cc1)C(=O)OC(C)(C)C. The molecular formula is C15H20O2. The molecule has 1 rings (SSSR count). The van der Waals surface area contributed by atoms with Crippen molar-refractivity contribution in [2.45, 2.75) is 39.7 Å². The molecule has 0 aliphatic carbocycles. The Labute approximate surface area is 103 Å². The minimum Gasteiger partial charge on any atom is -0.457 e. The second kappa shape index (κ2) is 5.17. The first-order valence-electron chi connectivity index (χ1n) is 5.74. The zero-order chi connectivity index (χ0) is 13.1. The molecule has 0 aliphatic rings. The van der Waals surface area contributed by atoms with E-state index in [1.54, 1.807) is 0 Å². The lowest BCUT2D eigenvalue weighted by Crippen LogP contribution is -2.25. The highest BCUT2D eigenvalue weighted by atomic mass is 16.6. The first kappa shape index (κ1) is 13.5. The van der Waals surface area contributed by atoms with E-state index < -0.39 is 5.60 Å². The standard InChI is InChI=1S/C15H20O2/c1-11-6-8-13(9-7-11)10-12(2)14(16)17-15(3,4)5/h6-9H,2,10H2,1,3-5H3. The third kappa shape index (κ3) is 4.85. The van der Waals surface area contributed by atoms with Crippen LogP contribution >= 0.6 is 0 Å². The molecule has 0 bridgehead atoms. The van der Waals surface area contributed by atoms with E-state index in [2.05, 4.69) is 6.58 Å². The summed E-state index contributed by atoms with van der Waals surface area (Å²) in [7, 11) is 0. The minimum atomic E-state index is -0.465. The Hall–Kier alpha value is -1.57. The lowest BCUT2D eigenvalue weighted by Gasteiger charge is -2.20. The molecule has 1 aromatic carbocycles. The van der Waals surface area contributed by atoms with Crippen LogP contribution in [0.15, 0.2) is 36.4 Å². The van der Waals surface area contributed by atoms with Gasteiger partial charge in [-0.15, -0.1) is 0 Å². The van der Waals surface area contributed by atoms with Gasteiger partial charge in [0.15, 0.2) is 0 Å². The summed E-state index contributed by atoms with van der Waals surface area (Å²) >= 11 is 0. The van der Waals surface area contributed by atoms with Gasteiger partial charge in [0.2, 0.25) is 0 Å². The molecule has 0 atom stereocenters. The van der Waals surface area contributed by atoms with Gasteiger partial charge in [-0.2, -0.15) is 0 Å². The smallest absolute Gasteiger partial charge is 0.334 e. The van der Waals surface area contributed by atoms with E-state index in [1.807, 2.05) is 52.0 Å². The Morgan fingerprint density at radius 3 is 2.24 bits per heavy atom. The van der Waals surface area contributed by atoms with Crippen LogP contribution in [0.1, 0.15) is 31.9 Å². The van der Waals surface area contributed by atoms with Gasteiger partial charge in [-0.3, -0.25) is 0 Å². The van der Waals surface area contributed by atoms with E-state index in [4.69, 9.17) is 4.74 Å². The summed E-state index contributed by atoms with van der Waals surface area (Å²) in [4.78, 5) is 11.7. The van der Waals surface area contributed by atoms with Crippen LogP contribution in [0.5, 0.6) is 0 Å². The maximum Gasteiger partial charge on any atom is 0.334 e. The molecule has 0 amide bonds. The molecule has 2 heteroatoms. The van der Waals surface area contributed by atoms with Crippen LogP contribution in [-0.2, 0) is 16.0 Å². The summed E-state index contributed by atoms with van der Waals surface area (Å²) in [5.74, 6) is -0.321. The lowest BCUT2D eigenvalue weighted by molar-refractivity contribution is -0.149. The summed E-state index contributed by atoms with van der Waals surface area (Å²) in [6.07, 6.45) is 0.537. The van der Waals surface area contributed by atoms with Gasteiger partial charge in [0.05, 0.1) is 0 Å². The predicted octanol–water partition coefficient (Wildman–Crippen LogP) is 3.44. The fourth-order valence-electron chi connectivity index (χ4n) is 1.37. The van der Waals surface area contributed by atoms with Gasteiger partial charge in [0.1, 0.15) is 5.60 Å². The molecule has 2 nitrogen and oxygen atoms in total. The third-order valence-corrected chi connectivity index (χ3v) is 2.23. The fourth-order valence-corrected chi connectivity index (χ4v) is 1.37. The number of hydrogen-bond acceptors (Lipinski definition) is 2. The number of rotatable bonds is 3. The Balaban J connectivity index is 2.60. The number of benzene rings is 1. The van der Waals surface area contributed by atoms with Crippen LogP contribution in [0.4, 0.5) is 0 Å². The van der Waals surface area contributed by atoms with Crippen molar-refractivity contribution in [2.24, 2.45) is 0 Å². The predicted molar refractivity (Wildman–Crippen MR) is 69.9 cm³/mol. The first-order chi connectivity index (χ1) is 7.78. The number of esters is 1. The van der Waals surface area contributed by atoms with Crippen LogP contribution in [0, 0.1) is 6.92 Å². The average molecular weight is 232 g/mol. The topological polar surface area (TPSA) is 26.3 Å². The molecule has 0 radical (unpaired) electrons. The van der Waals surface area contributed by atoms with E-state index in [9.17, 15) is 4.79 Å². The van der Waals surface area contributed by atoms with Gasteiger partial charge in [0, 0.05) is 12.0 Å². The largest absolute Gasteiger partial charge is 0.457 e. The van der Waals surface area contributed by atoms with Crippen molar-refractivity contribution in [3.8, 4) is 0 Å². The van der Waals surface area contributed by atoms with Crippen molar-refractivity contribution in [3.63, 3.8) is 0 Å². The van der Waals surface area contributed by atoms with Gasteiger partial charge in [0.25, 0.3) is 0 Å². The van der Waals surface area contributed by atoms with Gasteiger partial charge >= 0.3 is 5.97 Å². The van der Waals surface area contributed by atoms with Gasteiger partial charge in [-0.1, -0.05) is 36.4 Å². The van der Waals surface area contributed by atoms with Crippen LogP contribution < -0.4 is 0 Å². The molecule has 1 aromatic rings. The van der Waals surface area contributed by atoms with E-state index >= 15 is 0 Å². The number of ether oxygens (including phenoxy) is 1. The molecule has 0 fully saturated rings. The van der Waals surface area contributed by atoms with E-state index in [0.717, 1.165) is 5.56 Å². The molecule has 92 valence electrons. The van der Waals surface area contributed by atoms with Gasteiger partial charge < -0.3 is 4.74 Å². The molecule has 0 N–H and O–H groups in total. The molecule has 0 aliphatic heterocycles. The minimum absolute atomic E-state index is 0.321. The van der Waals surface area contributed by atoms with Crippen molar-refractivity contribution in [1.82, 2.24) is 0 Å². The van der Waals surface area contributed by atoms with E-state index in [1.165, 1.54) is 5.56 Å². The van der Waals surface area contributed by atoms with Gasteiger partial charge in [-0.05, 0) is 33.3 Å². The maximum atomic E-state index is 11.7. The van der Waals surface area contributed by atoms with Crippen LogP contribution in [-0.4, -0.2) is 11.6 Å². The summed E-state index contributed by atoms with van der Waals surface area (Å²) in [6.45, 7) is 11.4. The quantitative estimate of drug-likeness (QED) is 0.589. The Kier molecular flexibility index (Phi) is 4.11. The molecule has 0 aromatic heterocycles. The van der Waals surface area contributed by atoms with E-state index in [-0.39, 0.29) is 5.97 Å². The lowest BCUT2D eigenvalue weighted by atomic mass is 10.0. The zero-order valence-electron chi connectivity index (χ0n) is 11.0. The van der Waals surface area contributed by atoms with E-state index in [0.29, 0.717) is 12.0 Å². The molecule has 0 spiro atoms. The van der Waals surface area contributed by atoms with Crippen molar-refractivity contribution in [1.29, 1.82) is 0 Å². The Bertz CT molecular complexity index is 408. The Morgan fingerprint density at radius 2 is 1.76 bits per heavy atom. The van der Waals surface area contributed by atoms with Crippen molar-refractivity contribution in [3.05, 3.63) is 47.5 Å². The summed E-state index contributed by atoms with van der Waals surface area (Å²) in [5.41, 5.74) is 2.31. The monoisotopic (exact) mass is 232 g/mol. The summed E-state index contributed by atoms with van der Waals surface area (Å²) < 4.78 is 5.26. The van der Waals surface area contributed by atoms with Crippen molar-refractivity contribution in [2.75, 3.05) is 0 Å². The second-order valence-corrected chi connectivity index (χ2v) is 5.27. The molecule has 0 saturated heterocycles. The van der Waals surface area contributed by atoms with Gasteiger partial charge in [-0.25, -0.2) is 4.79 Å². The average Bonchev–Trinajstić information content (AvgIpc) is 2.19. The summed E-state index contributed by atoms with van der Waals surface area (Å²) in [6, 6.07) is 8.06. The van der Waals surface area contributed by atoms with Crippen LogP contribution in [0.3, 0.4) is 0 Å². The second-order valence-electron chi connectivity index (χ2n) is 5.27. The van der Waals surface area contributed by atoms with Crippen molar-refractivity contribution >= 4 is 5.97 Å². The molecule has 0 saturated carbocycles. The molecule has 0 unspecified atom stereocenters. The third-order valence-electron chi connectivity index (χ3n) is 2.23. The zero-order valence-corrected chi connectivity index (χ0v) is 11.0. The number of carbonyl (C=O) groups is 1. The number of aryl methyl sites for hydroxylation is 1. The molecule has 0 heterocycles. The Morgan fingerprint density at radius 1 is 1.24 bits per heavy atom. The maximum absolute atomic E-state index is 11.7. The number of carbonyl (C=O) groups excluding carboxylic acids is 1. The highest BCUT2D eigenvalue weighted by Gasteiger charge is 2.18. The highest BCUT2D eigenvalue weighted by molar-refractivity contribution is 5.88. The normalized spacial score (nSPS) is 11.1. The van der Waals surface area contributed by atoms with Crippen LogP contribution in [0.25, 0.3) is 0 Å². The molecule has 17 heavy (non-hydrogen) atoms. The van der Waals surface area contributed by atoms with Crippen LogP contribution in [0.2, 0.25) is 0 Å².